The normalized spacial score (nSPS) is 39.2. The molecule has 0 amide bonds. The van der Waals surface area contributed by atoms with Gasteiger partial charge in [0.15, 0.2) is 0 Å². The summed E-state index contributed by atoms with van der Waals surface area (Å²) in [4.78, 5) is 12.6. The molecule has 0 bridgehead atoms. The Kier molecular flexibility index (Phi) is 4.42. The Morgan fingerprint density at radius 2 is 2.04 bits per heavy atom. The summed E-state index contributed by atoms with van der Waals surface area (Å²) in [7, 11) is 0. The summed E-state index contributed by atoms with van der Waals surface area (Å²) in [5, 5.41) is 19.8. The molecule has 4 nitrogen and oxygen atoms in total. The lowest BCUT2D eigenvalue weighted by atomic mass is 9.49. The summed E-state index contributed by atoms with van der Waals surface area (Å²) in [5.74, 6) is 0.00340. The van der Waals surface area contributed by atoms with E-state index >= 15 is 0 Å². The van der Waals surface area contributed by atoms with Gasteiger partial charge in [0.2, 0.25) is 0 Å². The van der Waals surface area contributed by atoms with Gasteiger partial charge in [0.25, 0.3) is 0 Å². The highest BCUT2D eigenvalue weighted by Crippen LogP contribution is 2.61. The number of esters is 1. The molecule has 1 aliphatic heterocycles. The van der Waals surface area contributed by atoms with Crippen LogP contribution in [0.15, 0.2) is 22.8 Å². The van der Waals surface area contributed by atoms with E-state index in [2.05, 4.69) is 20.8 Å². The third kappa shape index (κ3) is 2.64. The molecule has 4 atom stereocenters. The molecule has 1 saturated carbocycles. The first kappa shape index (κ1) is 17.7. The molecule has 1 heterocycles. The summed E-state index contributed by atoms with van der Waals surface area (Å²) < 4.78 is 5.58. The van der Waals surface area contributed by atoms with Crippen LogP contribution in [0.2, 0.25) is 0 Å². The van der Waals surface area contributed by atoms with Gasteiger partial charge in [-0.1, -0.05) is 33.3 Å². The van der Waals surface area contributed by atoms with Gasteiger partial charge in [-0.2, -0.15) is 0 Å². The third-order valence-corrected chi connectivity index (χ3v) is 6.82. The van der Waals surface area contributed by atoms with E-state index in [0.717, 1.165) is 24.0 Å². The van der Waals surface area contributed by atoms with Gasteiger partial charge in [-0.15, -0.1) is 0 Å². The monoisotopic (exact) mass is 334 g/mol. The Balaban J connectivity index is 2.05. The molecule has 134 valence electrons. The van der Waals surface area contributed by atoms with Gasteiger partial charge in [0.05, 0.1) is 18.3 Å². The maximum atomic E-state index is 12.6. The highest BCUT2D eigenvalue weighted by molar-refractivity contribution is 5.92. The van der Waals surface area contributed by atoms with Crippen LogP contribution in [-0.2, 0) is 9.53 Å². The molecule has 0 aromatic carbocycles. The van der Waals surface area contributed by atoms with Crippen LogP contribution >= 0.6 is 0 Å². The van der Waals surface area contributed by atoms with Crippen LogP contribution in [0.3, 0.4) is 0 Å². The largest absolute Gasteiger partial charge is 0.454 e. The number of hydrogen-bond donors (Lipinski definition) is 2. The number of carbonyl (C=O) groups is 1. The average Bonchev–Trinajstić information content (AvgIpc) is 2.49. The van der Waals surface area contributed by atoms with Gasteiger partial charge in [-0.3, -0.25) is 0 Å². The second-order valence-corrected chi connectivity index (χ2v) is 8.68. The fourth-order valence-corrected chi connectivity index (χ4v) is 5.46. The smallest absolute Gasteiger partial charge is 0.337 e. The Morgan fingerprint density at radius 3 is 2.71 bits per heavy atom. The number of ether oxygens (including phenoxy) is 1. The number of carbonyl (C=O) groups excluding carboxylic acids is 1. The lowest BCUT2D eigenvalue weighted by Gasteiger charge is -2.57. The minimum absolute atomic E-state index is 0.0481. The second-order valence-electron chi connectivity index (χ2n) is 8.68. The van der Waals surface area contributed by atoms with E-state index in [9.17, 15) is 9.90 Å². The molecule has 0 saturated heterocycles. The van der Waals surface area contributed by atoms with Crippen LogP contribution in [0, 0.1) is 16.7 Å². The third-order valence-electron chi connectivity index (χ3n) is 6.82. The molecular formula is C20H30O4. The SMILES string of the molecule is C/C(=C\CO)[C@@H]1CC2=C(C(=O)O1)[C@H](O)C[C@H]1C(C)(C)CCC[C@]21C. The first-order chi connectivity index (χ1) is 11.2. The van der Waals surface area contributed by atoms with E-state index in [0.29, 0.717) is 24.3 Å². The zero-order valence-electron chi connectivity index (χ0n) is 15.3. The maximum Gasteiger partial charge on any atom is 0.337 e. The molecule has 0 spiro atoms. The van der Waals surface area contributed by atoms with E-state index in [1.165, 1.54) is 6.42 Å². The van der Waals surface area contributed by atoms with E-state index in [-0.39, 0.29) is 29.5 Å². The van der Waals surface area contributed by atoms with E-state index in [1.54, 1.807) is 6.08 Å². The van der Waals surface area contributed by atoms with Crippen LogP contribution in [0.1, 0.15) is 59.8 Å². The van der Waals surface area contributed by atoms with E-state index < -0.39 is 6.10 Å². The van der Waals surface area contributed by atoms with Crippen molar-refractivity contribution in [3.8, 4) is 0 Å². The lowest BCUT2D eigenvalue weighted by Crippen LogP contribution is -2.52. The van der Waals surface area contributed by atoms with Crippen molar-refractivity contribution in [1.29, 1.82) is 0 Å². The molecule has 4 heteroatoms. The molecule has 24 heavy (non-hydrogen) atoms. The van der Waals surface area contributed by atoms with Crippen molar-refractivity contribution >= 4 is 5.97 Å². The Bertz CT molecular complexity index is 601. The Hall–Kier alpha value is -1.13. The molecular weight excluding hydrogens is 304 g/mol. The molecule has 1 fully saturated rings. The summed E-state index contributed by atoms with van der Waals surface area (Å²) in [6.07, 6.45) is 5.33. The number of cyclic esters (lactones) is 1. The van der Waals surface area contributed by atoms with Crippen LogP contribution in [0.4, 0.5) is 0 Å². The second kappa shape index (κ2) is 5.99. The minimum atomic E-state index is -0.717. The summed E-state index contributed by atoms with van der Waals surface area (Å²) in [6.45, 7) is 8.71. The van der Waals surface area contributed by atoms with Crippen molar-refractivity contribution in [3.05, 3.63) is 22.8 Å². The number of rotatable bonds is 2. The van der Waals surface area contributed by atoms with Gasteiger partial charge in [-0.25, -0.2) is 4.79 Å². The standard InChI is InChI=1S/C20H30O4/c1-12(6-9-21)15-10-13-17(18(23)24-15)14(22)11-16-19(2,3)7-5-8-20(13,16)4/h6,14-16,21-22H,5,7-11H2,1-4H3/b12-6+/t14-,15+,16+,20-/m1/s1. The quantitative estimate of drug-likeness (QED) is 0.601. The van der Waals surface area contributed by atoms with Crippen LogP contribution in [-0.4, -0.2) is 35.0 Å². The van der Waals surface area contributed by atoms with Crippen molar-refractivity contribution < 1.29 is 19.7 Å². The van der Waals surface area contributed by atoms with E-state index in [1.807, 2.05) is 6.92 Å². The molecule has 3 rings (SSSR count). The first-order valence-electron chi connectivity index (χ1n) is 9.11. The Labute approximate surface area is 144 Å². The summed E-state index contributed by atoms with van der Waals surface area (Å²) in [6, 6.07) is 0. The number of aliphatic hydroxyl groups excluding tert-OH is 2. The van der Waals surface area contributed by atoms with Gasteiger partial charge >= 0.3 is 5.97 Å². The molecule has 3 aliphatic rings. The molecule has 0 unspecified atom stereocenters. The van der Waals surface area contributed by atoms with Gasteiger partial charge in [0.1, 0.15) is 6.10 Å². The number of aliphatic hydroxyl groups is 2. The highest BCUT2D eigenvalue weighted by atomic mass is 16.5. The Morgan fingerprint density at radius 1 is 1.33 bits per heavy atom. The van der Waals surface area contributed by atoms with Crippen LogP contribution < -0.4 is 0 Å². The van der Waals surface area contributed by atoms with Crippen molar-refractivity contribution in [2.24, 2.45) is 16.7 Å². The van der Waals surface area contributed by atoms with Crippen molar-refractivity contribution in [3.63, 3.8) is 0 Å². The molecule has 0 aromatic rings. The number of hydrogen-bond acceptors (Lipinski definition) is 4. The van der Waals surface area contributed by atoms with Gasteiger partial charge in [-0.05, 0) is 54.1 Å². The van der Waals surface area contributed by atoms with Crippen molar-refractivity contribution in [2.75, 3.05) is 6.61 Å². The van der Waals surface area contributed by atoms with Crippen molar-refractivity contribution in [2.45, 2.75) is 72.0 Å². The minimum Gasteiger partial charge on any atom is -0.454 e. The zero-order chi connectivity index (χ0) is 17.7. The predicted molar refractivity (Wildman–Crippen MR) is 92.2 cm³/mol. The topological polar surface area (TPSA) is 66.8 Å². The molecule has 0 radical (unpaired) electrons. The average molecular weight is 334 g/mol. The van der Waals surface area contributed by atoms with Crippen LogP contribution in [0.25, 0.3) is 0 Å². The zero-order valence-corrected chi connectivity index (χ0v) is 15.3. The first-order valence-corrected chi connectivity index (χ1v) is 9.11. The summed E-state index contributed by atoms with van der Waals surface area (Å²) in [5.41, 5.74) is 2.62. The van der Waals surface area contributed by atoms with Crippen molar-refractivity contribution in [1.82, 2.24) is 0 Å². The lowest BCUT2D eigenvalue weighted by molar-refractivity contribution is -0.148. The maximum absolute atomic E-state index is 12.6. The molecule has 0 aromatic heterocycles. The fraction of sp³-hybridized carbons (Fsp3) is 0.750. The summed E-state index contributed by atoms with van der Waals surface area (Å²) >= 11 is 0. The van der Waals surface area contributed by atoms with Gasteiger partial charge < -0.3 is 14.9 Å². The fourth-order valence-electron chi connectivity index (χ4n) is 5.46. The predicted octanol–water partition coefficient (Wildman–Crippen LogP) is 3.13. The molecule has 2 aliphatic carbocycles. The highest BCUT2D eigenvalue weighted by Gasteiger charge is 2.55. The van der Waals surface area contributed by atoms with E-state index in [4.69, 9.17) is 9.84 Å². The van der Waals surface area contributed by atoms with Gasteiger partial charge in [0, 0.05) is 6.42 Å². The number of fused-ring (bicyclic) bond motifs is 2. The van der Waals surface area contributed by atoms with Crippen LogP contribution in [0.5, 0.6) is 0 Å². The molecule has 2 N–H and O–H groups in total.